The molecule has 1 N–H and O–H groups in total. The summed E-state index contributed by atoms with van der Waals surface area (Å²) < 4.78 is 49.8. The van der Waals surface area contributed by atoms with Crippen LogP contribution in [0.2, 0.25) is 0 Å². The molecule has 156 valence electrons. The van der Waals surface area contributed by atoms with Crippen molar-refractivity contribution in [1.29, 1.82) is 0 Å². The van der Waals surface area contributed by atoms with Crippen molar-refractivity contribution < 1.29 is 27.2 Å². The van der Waals surface area contributed by atoms with Crippen LogP contribution < -0.4 is 15.0 Å². The maximum Gasteiger partial charge on any atom is 0.416 e. The van der Waals surface area contributed by atoms with Gasteiger partial charge in [0.2, 0.25) is 5.88 Å². The maximum absolute atomic E-state index is 13.1. The van der Waals surface area contributed by atoms with Gasteiger partial charge in [0.15, 0.2) is 11.6 Å². The molecular weight excluding hydrogens is 401 g/mol. The second-order valence-corrected chi connectivity index (χ2v) is 6.75. The Balaban J connectivity index is 1.67. The van der Waals surface area contributed by atoms with E-state index in [1.165, 1.54) is 17.0 Å². The Morgan fingerprint density at radius 3 is 2.70 bits per heavy atom. The highest BCUT2D eigenvalue weighted by atomic mass is 19.4. The minimum absolute atomic E-state index is 0.211. The number of nitrogens with one attached hydrogen (secondary N) is 1. The van der Waals surface area contributed by atoms with Gasteiger partial charge in [-0.1, -0.05) is 17.3 Å². The molecule has 10 heteroatoms. The second-order valence-electron chi connectivity index (χ2n) is 6.75. The molecule has 0 unspecified atom stereocenters. The number of aromatic nitrogens is 2. The van der Waals surface area contributed by atoms with E-state index < -0.39 is 17.8 Å². The van der Waals surface area contributed by atoms with E-state index in [2.05, 4.69) is 15.5 Å². The van der Waals surface area contributed by atoms with Crippen LogP contribution in [0.25, 0.3) is 11.3 Å². The number of hydrogen-bond donors (Lipinski definition) is 1. The Labute approximate surface area is 169 Å². The van der Waals surface area contributed by atoms with E-state index >= 15 is 0 Å². The average Bonchev–Trinajstić information content (AvgIpc) is 3.04. The van der Waals surface area contributed by atoms with Gasteiger partial charge in [-0.25, -0.2) is 9.78 Å². The number of ether oxygens (including phenoxy) is 1. The Morgan fingerprint density at radius 2 is 2.00 bits per heavy atom. The van der Waals surface area contributed by atoms with E-state index in [1.807, 2.05) is 0 Å². The summed E-state index contributed by atoms with van der Waals surface area (Å²) in [5, 5.41) is 6.44. The normalized spacial score (nSPS) is 13.6. The number of carbonyl (C=O) groups is 1. The third kappa shape index (κ3) is 3.68. The zero-order valence-electron chi connectivity index (χ0n) is 16.1. The molecule has 0 radical (unpaired) electrons. The first-order valence-corrected chi connectivity index (χ1v) is 9.07. The molecule has 2 amide bonds. The zero-order valence-corrected chi connectivity index (χ0v) is 16.1. The third-order valence-electron chi connectivity index (χ3n) is 4.78. The molecule has 0 aliphatic carbocycles. The number of urea groups is 1. The van der Waals surface area contributed by atoms with Gasteiger partial charge >= 0.3 is 12.2 Å². The van der Waals surface area contributed by atoms with Crippen molar-refractivity contribution >= 4 is 17.7 Å². The minimum atomic E-state index is -4.47. The summed E-state index contributed by atoms with van der Waals surface area (Å²) in [5.74, 6) is 0.791. The molecule has 3 aromatic rings. The van der Waals surface area contributed by atoms with Gasteiger partial charge in [0.25, 0.3) is 0 Å². The number of rotatable bonds is 2. The van der Waals surface area contributed by atoms with Crippen LogP contribution in [0.3, 0.4) is 0 Å². The van der Waals surface area contributed by atoms with Gasteiger partial charge in [-0.2, -0.15) is 13.2 Å². The molecule has 1 aliphatic heterocycles. The number of fused-ring (bicyclic) bond motifs is 1. The Hall–Kier alpha value is -3.56. The van der Waals surface area contributed by atoms with Gasteiger partial charge in [-0.3, -0.25) is 10.2 Å². The van der Waals surface area contributed by atoms with Crippen molar-refractivity contribution in [1.82, 2.24) is 10.1 Å². The standard InChI is InChI=1S/C20H17F3N4O3/c1-11-12(2)26-30-18(11)25-19(28)27-8-9-29-16-7-6-15(24-17(16)27)13-4-3-5-14(10-13)20(21,22)23/h3-7,10H,8-9H2,1-2H3,(H,25,28). The summed E-state index contributed by atoms with van der Waals surface area (Å²) >= 11 is 0. The number of benzene rings is 1. The zero-order chi connectivity index (χ0) is 21.5. The van der Waals surface area contributed by atoms with Crippen LogP contribution in [0.5, 0.6) is 5.75 Å². The Kier molecular flexibility index (Phi) is 4.84. The SMILES string of the molecule is Cc1noc(NC(=O)N2CCOc3ccc(-c4cccc(C(F)(F)F)c4)nc32)c1C. The van der Waals surface area contributed by atoms with Gasteiger partial charge < -0.3 is 9.26 Å². The number of pyridine rings is 1. The lowest BCUT2D eigenvalue weighted by Crippen LogP contribution is -2.41. The number of alkyl halides is 3. The summed E-state index contributed by atoms with van der Waals surface area (Å²) in [6.45, 7) is 3.98. The van der Waals surface area contributed by atoms with Crippen molar-refractivity contribution in [2.24, 2.45) is 0 Å². The summed E-state index contributed by atoms with van der Waals surface area (Å²) in [4.78, 5) is 18.6. The lowest BCUT2D eigenvalue weighted by molar-refractivity contribution is -0.137. The summed E-state index contributed by atoms with van der Waals surface area (Å²) in [6, 6.07) is 7.48. The fraction of sp³-hybridized carbons (Fsp3) is 0.250. The van der Waals surface area contributed by atoms with Crippen LogP contribution >= 0.6 is 0 Å². The van der Waals surface area contributed by atoms with Crippen molar-refractivity contribution in [3.8, 4) is 17.0 Å². The second kappa shape index (κ2) is 7.36. The molecule has 0 fully saturated rings. The van der Waals surface area contributed by atoms with Crippen LogP contribution in [0.15, 0.2) is 40.9 Å². The van der Waals surface area contributed by atoms with Crippen molar-refractivity contribution in [2.75, 3.05) is 23.4 Å². The number of nitrogens with zero attached hydrogens (tertiary/aromatic N) is 3. The summed E-state index contributed by atoms with van der Waals surface area (Å²) in [7, 11) is 0. The number of carbonyl (C=O) groups excluding carboxylic acids is 1. The number of amides is 2. The van der Waals surface area contributed by atoms with Crippen molar-refractivity contribution in [3.05, 3.63) is 53.2 Å². The highest BCUT2D eigenvalue weighted by Gasteiger charge is 2.31. The van der Waals surface area contributed by atoms with Crippen LogP contribution in [-0.2, 0) is 6.18 Å². The minimum Gasteiger partial charge on any atom is -0.488 e. The van der Waals surface area contributed by atoms with E-state index in [-0.39, 0.29) is 36.1 Å². The Bertz CT molecular complexity index is 1110. The van der Waals surface area contributed by atoms with E-state index in [0.29, 0.717) is 17.0 Å². The first kappa shape index (κ1) is 19.7. The van der Waals surface area contributed by atoms with E-state index in [4.69, 9.17) is 9.26 Å². The molecule has 2 aromatic heterocycles. The highest BCUT2D eigenvalue weighted by molar-refractivity contribution is 6.02. The molecule has 0 spiro atoms. The van der Waals surface area contributed by atoms with Crippen LogP contribution in [0, 0.1) is 13.8 Å². The van der Waals surface area contributed by atoms with Crippen molar-refractivity contribution in [2.45, 2.75) is 20.0 Å². The molecule has 1 aliphatic rings. The monoisotopic (exact) mass is 418 g/mol. The number of hydrogen-bond acceptors (Lipinski definition) is 5. The smallest absolute Gasteiger partial charge is 0.416 e. The van der Waals surface area contributed by atoms with Gasteiger partial charge in [0.1, 0.15) is 6.61 Å². The molecule has 0 atom stereocenters. The summed E-state index contributed by atoms with van der Waals surface area (Å²) in [6.07, 6.45) is -4.47. The Morgan fingerprint density at radius 1 is 1.20 bits per heavy atom. The fourth-order valence-electron chi connectivity index (χ4n) is 3.00. The topological polar surface area (TPSA) is 80.5 Å². The van der Waals surface area contributed by atoms with E-state index in [1.54, 1.807) is 26.0 Å². The molecule has 0 saturated carbocycles. The van der Waals surface area contributed by atoms with E-state index in [9.17, 15) is 18.0 Å². The van der Waals surface area contributed by atoms with Gasteiger partial charge in [-0.15, -0.1) is 0 Å². The molecule has 0 saturated heterocycles. The number of aryl methyl sites for hydroxylation is 1. The third-order valence-corrected chi connectivity index (χ3v) is 4.78. The quantitative estimate of drug-likeness (QED) is 0.647. The van der Waals surface area contributed by atoms with Crippen LogP contribution in [0.4, 0.5) is 29.7 Å². The molecule has 30 heavy (non-hydrogen) atoms. The largest absolute Gasteiger partial charge is 0.488 e. The van der Waals surface area contributed by atoms with E-state index in [0.717, 1.165) is 12.1 Å². The molecular formula is C20H17F3N4O3. The van der Waals surface area contributed by atoms with Crippen LogP contribution in [0.1, 0.15) is 16.8 Å². The number of anilines is 2. The molecule has 1 aromatic carbocycles. The number of halogens is 3. The van der Waals surface area contributed by atoms with Crippen molar-refractivity contribution in [3.63, 3.8) is 0 Å². The first-order chi connectivity index (χ1) is 14.2. The predicted octanol–water partition coefficient (Wildman–Crippen LogP) is 4.80. The fourth-order valence-corrected chi connectivity index (χ4v) is 3.00. The van der Waals surface area contributed by atoms with Gasteiger partial charge in [0, 0.05) is 11.1 Å². The maximum atomic E-state index is 13.1. The first-order valence-electron chi connectivity index (χ1n) is 9.07. The molecule has 4 rings (SSSR count). The predicted molar refractivity (Wildman–Crippen MR) is 103 cm³/mol. The van der Waals surface area contributed by atoms with Gasteiger partial charge in [-0.05, 0) is 38.1 Å². The average molecular weight is 418 g/mol. The molecule has 3 heterocycles. The lowest BCUT2D eigenvalue weighted by Gasteiger charge is -2.28. The molecule has 7 nitrogen and oxygen atoms in total. The summed E-state index contributed by atoms with van der Waals surface area (Å²) in [5.41, 5.74) is 1.14. The molecule has 0 bridgehead atoms. The highest BCUT2D eigenvalue weighted by Crippen LogP contribution is 2.35. The lowest BCUT2D eigenvalue weighted by atomic mass is 10.1. The van der Waals surface area contributed by atoms with Gasteiger partial charge in [0.05, 0.1) is 23.5 Å². The van der Waals surface area contributed by atoms with Crippen LogP contribution in [-0.4, -0.2) is 29.3 Å².